The summed E-state index contributed by atoms with van der Waals surface area (Å²) in [6.45, 7) is 0. The molecule has 27 heavy (non-hydrogen) atoms. The molecule has 3 fully saturated rings. The number of nitrogens with zero attached hydrogens (tertiary/aromatic N) is 2. The van der Waals surface area contributed by atoms with Gasteiger partial charge < -0.3 is 0 Å². The van der Waals surface area contributed by atoms with E-state index in [4.69, 9.17) is 12.2 Å². The lowest BCUT2D eigenvalue weighted by molar-refractivity contribution is -0.159. The zero-order chi connectivity index (χ0) is 18.9. The molecule has 5 rings (SSSR count). The molecule has 0 radical (unpaired) electrons. The number of hydrogen-bond donors (Lipinski definition) is 0. The largest absolute Gasteiger partial charge is 0.285 e. The zero-order valence-corrected chi connectivity index (χ0v) is 15.5. The lowest BCUT2D eigenvalue weighted by Crippen LogP contribution is -2.49. The van der Waals surface area contributed by atoms with E-state index >= 15 is 0 Å². The van der Waals surface area contributed by atoms with Crippen LogP contribution in [0, 0.1) is 29.5 Å². The lowest BCUT2D eigenvalue weighted by atomic mass is 9.85. The van der Waals surface area contributed by atoms with Crippen LogP contribution in [0.25, 0.3) is 6.08 Å². The molecule has 1 saturated carbocycles. The van der Waals surface area contributed by atoms with Crippen LogP contribution < -0.4 is 0 Å². The summed E-state index contributed by atoms with van der Waals surface area (Å²) in [6, 6.07) is 5.68. The number of benzene rings is 1. The van der Waals surface area contributed by atoms with Crippen LogP contribution >= 0.6 is 24.0 Å². The lowest BCUT2D eigenvalue weighted by Gasteiger charge is -2.25. The van der Waals surface area contributed by atoms with Crippen LogP contribution in [0.3, 0.4) is 0 Å². The van der Waals surface area contributed by atoms with Crippen molar-refractivity contribution in [2.45, 2.75) is 6.42 Å². The molecule has 8 heteroatoms. The van der Waals surface area contributed by atoms with E-state index in [0.717, 1.165) is 28.2 Å². The average Bonchev–Trinajstić information content (AvgIpc) is 3.37. The summed E-state index contributed by atoms with van der Waals surface area (Å²) in [5.41, 5.74) is 0.634. The number of carbonyl (C=O) groups excluding carboxylic acids is 3. The van der Waals surface area contributed by atoms with E-state index in [0.29, 0.717) is 10.5 Å². The molecule has 4 aliphatic rings. The highest BCUT2D eigenvalue weighted by atomic mass is 32.2. The number of allylic oxidation sites excluding steroid dienone is 2. The Kier molecular flexibility index (Phi) is 3.64. The number of imide groups is 1. The van der Waals surface area contributed by atoms with Crippen molar-refractivity contribution < 1.29 is 18.8 Å². The van der Waals surface area contributed by atoms with Crippen LogP contribution in [0.5, 0.6) is 0 Å². The standard InChI is InChI=1S/C19H13FN2O3S2/c20-12-5-1-9(2-6-12)7-13-16(23)22(19(26)27-13)21-17(24)14-10-3-4-11(8-10)15(14)18(21)25/h1-7,10-11,14-15H,8H2/b13-7+/t10-,11-,14-,15+/m0/s1. The van der Waals surface area contributed by atoms with E-state index in [9.17, 15) is 18.8 Å². The fourth-order valence-corrected chi connectivity index (χ4v) is 5.67. The highest BCUT2D eigenvalue weighted by molar-refractivity contribution is 8.26. The van der Waals surface area contributed by atoms with Gasteiger partial charge in [-0.05, 0) is 54.2 Å². The van der Waals surface area contributed by atoms with E-state index in [-0.39, 0.29) is 33.8 Å². The average molecular weight is 400 g/mol. The van der Waals surface area contributed by atoms with Crippen molar-refractivity contribution in [3.63, 3.8) is 0 Å². The summed E-state index contributed by atoms with van der Waals surface area (Å²) in [6.07, 6.45) is 6.40. The minimum Gasteiger partial charge on any atom is -0.272 e. The number of fused-ring (bicyclic) bond motifs is 5. The SMILES string of the molecule is O=C1/C(=C\c2ccc(F)cc2)SC(=S)N1N1C(=O)[C@@H]2[C@H](C1=O)[C@H]1C=C[C@H]2C1. The monoisotopic (exact) mass is 400 g/mol. The molecule has 0 unspecified atom stereocenters. The van der Waals surface area contributed by atoms with Crippen molar-refractivity contribution >= 4 is 52.1 Å². The minimum absolute atomic E-state index is 0.0645. The van der Waals surface area contributed by atoms with Crippen molar-refractivity contribution in [2.24, 2.45) is 23.7 Å². The van der Waals surface area contributed by atoms with Crippen LogP contribution in [0.1, 0.15) is 12.0 Å². The van der Waals surface area contributed by atoms with Crippen molar-refractivity contribution in [3.05, 3.63) is 52.7 Å². The number of hydrogen-bond acceptors (Lipinski definition) is 5. The van der Waals surface area contributed by atoms with Crippen molar-refractivity contribution in [1.29, 1.82) is 0 Å². The summed E-state index contributed by atoms with van der Waals surface area (Å²) in [4.78, 5) is 39.0. The summed E-state index contributed by atoms with van der Waals surface area (Å²) < 4.78 is 13.2. The Morgan fingerprint density at radius 1 is 1.00 bits per heavy atom. The molecule has 0 spiro atoms. The Bertz CT molecular complexity index is 942. The normalized spacial score (nSPS) is 33.1. The first kappa shape index (κ1) is 16.8. The number of carbonyl (C=O) groups is 3. The molecule has 0 aromatic heterocycles. The third-order valence-corrected chi connectivity index (χ3v) is 6.87. The van der Waals surface area contributed by atoms with Gasteiger partial charge in [0.2, 0.25) is 0 Å². The van der Waals surface area contributed by atoms with Gasteiger partial charge in [0.15, 0.2) is 4.32 Å². The quantitative estimate of drug-likeness (QED) is 0.331. The second-order valence-corrected chi connectivity index (χ2v) is 8.71. The van der Waals surface area contributed by atoms with Crippen LogP contribution in [-0.4, -0.2) is 32.1 Å². The molecule has 3 amide bonds. The van der Waals surface area contributed by atoms with Gasteiger partial charge in [0.05, 0.1) is 16.7 Å². The van der Waals surface area contributed by atoms with Gasteiger partial charge in [-0.3, -0.25) is 14.4 Å². The van der Waals surface area contributed by atoms with E-state index in [2.05, 4.69) is 0 Å². The van der Waals surface area contributed by atoms with E-state index in [1.807, 2.05) is 12.2 Å². The Hall–Kier alpha value is -2.32. The van der Waals surface area contributed by atoms with Gasteiger partial charge in [-0.25, -0.2) is 4.39 Å². The molecule has 136 valence electrons. The molecular weight excluding hydrogens is 387 g/mol. The summed E-state index contributed by atoms with van der Waals surface area (Å²) in [5.74, 6) is -2.22. The Morgan fingerprint density at radius 3 is 2.19 bits per heavy atom. The molecule has 2 aliphatic heterocycles. The van der Waals surface area contributed by atoms with Gasteiger partial charge >= 0.3 is 0 Å². The van der Waals surface area contributed by atoms with Crippen molar-refractivity contribution in [3.8, 4) is 0 Å². The van der Waals surface area contributed by atoms with E-state index in [1.54, 1.807) is 18.2 Å². The highest BCUT2D eigenvalue weighted by Gasteiger charge is 2.62. The van der Waals surface area contributed by atoms with Crippen LogP contribution in [0.4, 0.5) is 4.39 Å². The Morgan fingerprint density at radius 2 is 1.59 bits per heavy atom. The van der Waals surface area contributed by atoms with Gasteiger partial charge in [-0.1, -0.05) is 36.0 Å². The summed E-state index contributed by atoms with van der Waals surface area (Å²) in [5, 5.41) is 1.97. The van der Waals surface area contributed by atoms with Crippen molar-refractivity contribution in [2.75, 3.05) is 0 Å². The molecule has 2 heterocycles. The number of halogens is 1. The molecule has 2 bridgehead atoms. The Labute approximate surface area is 163 Å². The molecule has 1 aromatic rings. The summed E-state index contributed by atoms with van der Waals surface area (Å²) >= 11 is 6.32. The molecule has 4 atom stereocenters. The number of rotatable bonds is 2. The molecule has 2 saturated heterocycles. The molecule has 1 aromatic carbocycles. The maximum atomic E-state index is 13.1. The second-order valence-electron chi connectivity index (χ2n) is 7.03. The van der Waals surface area contributed by atoms with Gasteiger partial charge in [0, 0.05) is 0 Å². The molecular formula is C19H13FN2O3S2. The fourth-order valence-electron chi connectivity index (χ4n) is 4.43. The number of hydrazine groups is 1. The predicted molar refractivity (Wildman–Crippen MR) is 101 cm³/mol. The first-order chi connectivity index (χ1) is 13.0. The third-order valence-electron chi connectivity index (χ3n) is 5.59. The predicted octanol–water partition coefficient (Wildman–Crippen LogP) is 2.75. The maximum Gasteiger partial charge on any atom is 0.285 e. The maximum absolute atomic E-state index is 13.1. The van der Waals surface area contributed by atoms with Gasteiger partial charge in [0.25, 0.3) is 17.7 Å². The van der Waals surface area contributed by atoms with Crippen molar-refractivity contribution in [1.82, 2.24) is 10.0 Å². The van der Waals surface area contributed by atoms with Gasteiger partial charge in [-0.15, -0.1) is 0 Å². The molecule has 2 aliphatic carbocycles. The first-order valence-electron chi connectivity index (χ1n) is 8.55. The number of thiocarbonyl (C=S) groups is 1. The number of thioether (sulfide) groups is 1. The van der Waals surface area contributed by atoms with Gasteiger partial charge in [-0.2, -0.15) is 10.0 Å². The molecule has 0 N–H and O–H groups in total. The first-order valence-corrected chi connectivity index (χ1v) is 9.78. The van der Waals surface area contributed by atoms with Crippen LogP contribution in [0.15, 0.2) is 41.3 Å². The topological polar surface area (TPSA) is 57.7 Å². The smallest absolute Gasteiger partial charge is 0.272 e. The van der Waals surface area contributed by atoms with Gasteiger partial charge in [0.1, 0.15) is 5.82 Å². The Balaban J connectivity index is 1.45. The van der Waals surface area contributed by atoms with Crippen LogP contribution in [-0.2, 0) is 14.4 Å². The fraction of sp³-hybridized carbons (Fsp3) is 0.263. The summed E-state index contributed by atoms with van der Waals surface area (Å²) in [7, 11) is 0. The van der Waals surface area contributed by atoms with E-state index < -0.39 is 17.7 Å². The minimum atomic E-state index is -0.503. The third kappa shape index (κ3) is 2.36. The second kappa shape index (κ2) is 5.84. The zero-order valence-electron chi connectivity index (χ0n) is 13.9. The highest BCUT2D eigenvalue weighted by Crippen LogP contribution is 2.53. The van der Waals surface area contributed by atoms with E-state index in [1.165, 1.54) is 12.1 Å². The molecule has 5 nitrogen and oxygen atoms in total. The van der Waals surface area contributed by atoms with Crippen LogP contribution in [0.2, 0.25) is 0 Å². The number of amides is 3.